The zero-order valence-electron chi connectivity index (χ0n) is 9.23. The van der Waals surface area contributed by atoms with Crippen LogP contribution in [0.1, 0.15) is 33.7 Å². The SMILES string of the molecule is CC.CC(C)n1ccc2cncnc21. The monoisotopic (exact) mass is 191 g/mol. The van der Waals surface area contributed by atoms with Crippen LogP contribution in [0.2, 0.25) is 0 Å². The maximum Gasteiger partial charge on any atom is 0.143 e. The van der Waals surface area contributed by atoms with E-state index in [0.717, 1.165) is 11.0 Å². The van der Waals surface area contributed by atoms with E-state index < -0.39 is 0 Å². The summed E-state index contributed by atoms with van der Waals surface area (Å²) in [5.41, 5.74) is 1.01. The Morgan fingerprint density at radius 3 is 2.64 bits per heavy atom. The first-order valence-corrected chi connectivity index (χ1v) is 5.05. The maximum atomic E-state index is 4.21. The van der Waals surface area contributed by atoms with Gasteiger partial charge in [0, 0.05) is 23.8 Å². The normalized spacial score (nSPS) is 10.1. The molecule has 0 aromatic carbocycles. The molecule has 0 atom stereocenters. The number of rotatable bonds is 1. The Labute approximate surface area is 84.8 Å². The molecule has 2 aromatic rings. The van der Waals surface area contributed by atoms with Gasteiger partial charge in [-0.05, 0) is 19.9 Å². The molecule has 0 aliphatic carbocycles. The molecule has 0 radical (unpaired) electrons. The van der Waals surface area contributed by atoms with Crippen LogP contribution < -0.4 is 0 Å². The van der Waals surface area contributed by atoms with Crippen LogP contribution in [0, 0.1) is 0 Å². The van der Waals surface area contributed by atoms with Crippen molar-refractivity contribution in [1.29, 1.82) is 0 Å². The van der Waals surface area contributed by atoms with Gasteiger partial charge in [0.15, 0.2) is 0 Å². The Balaban J connectivity index is 0.000000461. The zero-order valence-corrected chi connectivity index (χ0v) is 9.23. The maximum absolute atomic E-state index is 4.21. The number of fused-ring (bicyclic) bond motifs is 1. The molecule has 0 N–H and O–H groups in total. The van der Waals surface area contributed by atoms with Crippen molar-refractivity contribution in [3.63, 3.8) is 0 Å². The quantitative estimate of drug-likeness (QED) is 0.693. The lowest BCUT2D eigenvalue weighted by Crippen LogP contribution is -1.99. The summed E-state index contributed by atoms with van der Waals surface area (Å²) in [5.74, 6) is 0. The summed E-state index contributed by atoms with van der Waals surface area (Å²) < 4.78 is 2.14. The molecule has 0 unspecified atom stereocenters. The van der Waals surface area contributed by atoms with Gasteiger partial charge < -0.3 is 4.57 Å². The van der Waals surface area contributed by atoms with Gasteiger partial charge in [0.05, 0.1) is 0 Å². The third kappa shape index (κ3) is 1.92. The van der Waals surface area contributed by atoms with Gasteiger partial charge in [-0.1, -0.05) is 13.8 Å². The minimum atomic E-state index is 0.456. The summed E-state index contributed by atoms with van der Waals surface area (Å²) in [6, 6.07) is 2.49. The molecule has 0 aliphatic rings. The van der Waals surface area contributed by atoms with Crippen LogP contribution in [0.4, 0.5) is 0 Å². The van der Waals surface area contributed by atoms with E-state index in [-0.39, 0.29) is 0 Å². The second-order valence-corrected chi connectivity index (χ2v) is 3.12. The average Bonchev–Trinajstić information content (AvgIpc) is 2.64. The van der Waals surface area contributed by atoms with Crippen molar-refractivity contribution in [3.05, 3.63) is 24.8 Å². The fraction of sp³-hybridized carbons (Fsp3) is 0.455. The summed E-state index contributed by atoms with van der Waals surface area (Å²) in [6.45, 7) is 8.28. The van der Waals surface area contributed by atoms with Crippen LogP contribution in [-0.2, 0) is 0 Å². The molecule has 3 heteroatoms. The van der Waals surface area contributed by atoms with Gasteiger partial charge in [-0.3, -0.25) is 0 Å². The second kappa shape index (κ2) is 4.74. The number of nitrogens with zero attached hydrogens (tertiary/aromatic N) is 3. The highest BCUT2D eigenvalue weighted by atomic mass is 15.1. The Morgan fingerprint density at radius 2 is 2.00 bits per heavy atom. The van der Waals surface area contributed by atoms with E-state index in [9.17, 15) is 0 Å². The van der Waals surface area contributed by atoms with E-state index in [1.165, 1.54) is 0 Å². The molecule has 0 bridgehead atoms. The first-order valence-electron chi connectivity index (χ1n) is 5.05. The van der Waals surface area contributed by atoms with E-state index in [1.807, 2.05) is 32.3 Å². The molecule has 0 saturated heterocycles. The van der Waals surface area contributed by atoms with Gasteiger partial charge in [0.2, 0.25) is 0 Å². The van der Waals surface area contributed by atoms with E-state index in [2.05, 4.69) is 28.4 Å². The van der Waals surface area contributed by atoms with E-state index >= 15 is 0 Å². The Bertz CT molecular complexity index is 390. The van der Waals surface area contributed by atoms with Gasteiger partial charge >= 0.3 is 0 Å². The summed E-state index contributed by atoms with van der Waals surface area (Å²) in [5, 5.41) is 1.10. The molecule has 0 fully saturated rings. The summed E-state index contributed by atoms with van der Waals surface area (Å²) in [6.07, 6.45) is 5.46. The highest BCUT2D eigenvalue weighted by molar-refractivity contribution is 5.74. The van der Waals surface area contributed by atoms with Crippen LogP contribution in [-0.4, -0.2) is 14.5 Å². The highest BCUT2D eigenvalue weighted by Gasteiger charge is 2.03. The molecule has 2 aromatic heterocycles. The molecule has 0 spiro atoms. The molecule has 2 rings (SSSR count). The lowest BCUT2D eigenvalue weighted by molar-refractivity contribution is 0.617. The third-order valence-electron chi connectivity index (χ3n) is 1.93. The Hall–Kier alpha value is -1.38. The smallest absolute Gasteiger partial charge is 0.143 e. The van der Waals surface area contributed by atoms with E-state index in [4.69, 9.17) is 0 Å². The lowest BCUT2D eigenvalue weighted by Gasteiger charge is -2.06. The minimum Gasteiger partial charge on any atom is -0.330 e. The van der Waals surface area contributed by atoms with Crippen LogP contribution >= 0.6 is 0 Å². The van der Waals surface area contributed by atoms with Gasteiger partial charge in [-0.25, -0.2) is 9.97 Å². The molecule has 0 saturated carbocycles. The van der Waals surface area contributed by atoms with Crippen LogP contribution in [0.3, 0.4) is 0 Å². The highest BCUT2D eigenvalue weighted by Crippen LogP contribution is 2.15. The van der Waals surface area contributed by atoms with Gasteiger partial charge in [-0.15, -0.1) is 0 Å². The van der Waals surface area contributed by atoms with Gasteiger partial charge in [0.1, 0.15) is 12.0 Å². The predicted molar refractivity (Wildman–Crippen MR) is 59.3 cm³/mol. The van der Waals surface area contributed by atoms with Crippen LogP contribution in [0.15, 0.2) is 24.8 Å². The standard InChI is InChI=1S/C9H11N3.C2H6/c1-7(2)12-4-3-8-5-10-6-11-9(8)12;1-2/h3-7H,1-2H3;1-2H3. The Morgan fingerprint density at radius 1 is 1.29 bits per heavy atom. The van der Waals surface area contributed by atoms with Crippen molar-refractivity contribution in [1.82, 2.24) is 14.5 Å². The van der Waals surface area contributed by atoms with Crippen molar-refractivity contribution in [2.75, 3.05) is 0 Å². The van der Waals surface area contributed by atoms with Crippen molar-refractivity contribution < 1.29 is 0 Å². The van der Waals surface area contributed by atoms with Crippen molar-refractivity contribution in [3.8, 4) is 0 Å². The number of hydrogen-bond donors (Lipinski definition) is 0. The van der Waals surface area contributed by atoms with Gasteiger partial charge in [0.25, 0.3) is 0 Å². The van der Waals surface area contributed by atoms with Gasteiger partial charge in [-0.2, -0.15) is 0 Å². The molecule has 0 amide bonds. The first kappa shape index (κ1) is 10.7. The van der Waals surface area contributed by atoms with Crippen LogP contribution in [0.5, 0.6) is 0 Å². The van der Waals surface area contributed by atoms with Crippen LogP contribution in [0.25, 0.3) is 11.0 Å². The molecule has 76 valence electrons. The Kier molecular flexibility index (Phi) is 3.63. The van der Waals surface area contributed by atoms with Crippen molar-refractivity contribution in [2.24, 2.45) is 0 Å². The summed E-state index contributed by atoms with van der Waals surface area (Å²) in [7, 11) is 0. The first-order chi connectivity index (χ1) is 6.79. The summed E-state index contributed by atoms with van der Waals surface area (Å²) in [4.78, 5) is 8.18. The minimum absolute atomic E-state index is 0.456. The lowest BCUT2D eigenvalue weighted by atomic mass is 10.4. The molecule has 0 aliphatic heterocycles. The fourth-order valence-electron chi connectivity index (χ4n) is 1.32. The largest absolute Gasteiger partial charge is 0.330 e. The topological polar surface area (TPSA) is 30.7 Å². The average molecular weight is 191 g/mol. The number of aromatic nitrogens is 3. The summed E-state index contributed by atoms with van der Waals surface area (Å²) >= 11 is 0. The second-order valence-electron chi connectivity index (χ2n) is 3.12. The van der Waals surface area contributed by atoms with Crippen molar-refractivity contribution in [2.45, 2.75) is 33.7 Å². The van der Waals surface area contributed by atoms with E-state index in [0.29, 0.717) is 6.04 Å². The predicted octanol–water partition coefficient (Wildman–Crippen LogP) is 3.04. The molecular weight excluding hydrogens is 174 g/mol. The van der Waals surface area contributed by atoms with Crippen molar-refractivity contribution >= 4 is 11.0 Å². The molecular formula is C11H17N3. The number of hydrogen-bond acceptors (Lipinski definition) is 2. The molecule has 2 heterocycles. The fourth-order valence-corrected chi connectivity index (χ4v) is 1.32. The molecule has 14 heavy (non-hydrogen) atoms. The third-order valence-corrected chi connectivity index (χ3v) is 1.93. The molecule has 3 nitrogen and oxygen atoms in total. The van der Waals surface area contributed by atoms with E-state index in [1.54, 1.807) is 6.33 Å². The zero-order chi connectivity index (χ0) is 10.6.